The molecule has 5 heteroatoms. The highest BCUT2D eigenvalue weighted by Gasteiger charge is 2.08. The zero-order valence-electron chi connectivity index (χ0n) is 6.70. The minimum Gasteiger partial charge on any atom is -0.396 e. The lowest BCUT2D eigenvalue weighted by Crippen LogP contribution is -2.08. The van der Waals surface area contributed by atoms with E-state index in [4.69, 9.17) is 23.1 Å². The highest BCUT2D eigenvalue weighted by molar-refractivity contribution is 7.81. The second-order valence-electron chi connectivity index (χ2n) is 2.36. The Bertz CT molecular complexity index is 296. The first kappa shape index (κ1) is 9.57. The van der Waals surface area contributed by atoms with Crippen LogP contribution in [0.15, 0.2) is 0 Å². The molecule has 0 saturated heterocycles. The number of aromatic nitrogens is 1. The summed E-state index contributed by atoms with van der Waals surface area (Å²) >= 11 is 6.26. The molecule has 0 bridgehead atoms. The average Bonchev–Trinajstić information content (AvgIpc) is 2.34. The monoisotopic (exact) mass is 202 g/mol. The van der Waals surface area contributed by atoms with Crippen molar-refractivity contribution < 1.29 is 5.11 Å². The van der Waals surface area contributed by atoms with E-state index in [-0.39, 0.29) is 6.61 Å². The van der Waals surface area contributed by atoms with Crippen LogP contribution in [-0.2, 0) is 6.42 Å². The van der Waals surface area contributed by atoms with E-state index in [0.717, 1.165) is 10.6 Å². The molecule has 12 heavy (non-hydrogen) atoms. The average molecular weight is 202 g/mol. The van der Waals surface area contributed by atoms with Gasteiger partial charge >= 0.3 is 0 Å². The van der Waals surface area contributed by atoms with Gasteiger partial charge in [0.25, 0.3) is 0 Å². The predicted octanol–water partition coefficient (Wildman–Crippen LogP) is 0.621. The van der Waals surface area contributed by atoms with Gasteiger partial charge in [-0.25, -0.2) is 4.98 Å². The van der Waals surface area contributed by atoms with Crippen LogP contribution in [0.25, 0.3) is 0 Å². The van der Waals surface area contributed by atoms with Crippen molar-refractivity contribution in [3.05, 3.63) is 15.6 Å². The lowest BCUT2D eigenvalue weighted by Gasteiger charge is -1.91. The predicted molar refractivity (Wildman–Crippen MR) is 53.5 cm³/mol. The van der Waals surface area contributed by atoms with Crippen molar-refractivity contribution in [2.75, 3.05) is 6.61 Å². The van der Waals surface area contributed by atoms with Crippen molar-refractivity contribution in [1.82, 2.24) is 4.98 Å². The van der Waals surface area contributed by atoms with Crippen LogP contribution < -0.4 is 5.73 Å². The van der Waals surface area contributed by atoms with Gasteiger partial charge in [-0.1, -0.05) is 12.2 Å². The van der Waals surface area contributed by atoms with Gasteiger partial charge in [0.1, 0.15) is 4.99 Å². The van der Waals surface area contributed by atoms with Crippen molar-refractivity contribution in [1.29, 1.82) is 0 Å². The Hall–Kier alpha value is -0.520. The molecule has 1 rings (SSSR count). The second kappa shape index (κ2) is 3.93. The molecule has 0 aliphatic heterocycles. The van der Waals surface area contributed by atoms with Crippen molar-refractivity contribution in [3.63, 3.8) is 0 Å². The Kier molecular flexibility index (Phi) is 3.13. The third kappa shape index (κ3) is 2.00. The lowest BCUT2D eigenvalue weighted by atomic mass is 10.3. The topological polar surface area (TPSA) is 59.1 Å². The number of aliphatic hydroxyl groups is 1. The van der Waals surface area contributed by atoms with E-state index in [0.29, 0.717) is 16.4 Å². The fourth-order valence-corrected chi connectivity index (χ4v) is 1.85. The van der Waals surface area contributed by atoms with Gasteiger partial charge in [-0.05, 0) is 6.92 Å². The Morgan fingerprint density at radius 1 is 1.75 bits per heavy atom. The first-order valence-corrected chi connectivity index (χ1v) is 4.74. The summed E-state index contributed by atoms with van der Waals surface area (Å²) in [5.41, 5.74) is 6.30. The number of nitrogens with zero attached hydrogens (tertiary/aromatic N) is 1. The number of aliphatic hydroxyl groups excluding tert-OH is 1. The molecule has 66 valence electrons. The maximum Gasteiger partial charge on any atom is 0.150 e. The molecular weight excluding hydrogens is 192 g/mol. The Balaban J connectivity index is 2.92. The number of nitrogens with two attached hydrogens (primary N) is 1. The molecule has 3 nitrogen and oxygen atoms in total. The molecule has 0 aromatic carbocycles. The fraction of sp³-hybridized carbons (Fsp3) is 0.429. The third-order valence-corrected chi connectivity index (χ3v) is 2.82. The summed E-state index contributed by atoms with van der Waals surface area (Å²) in [5.74, 6) is 0. The molecular formula is C7H10N2OS2. The van der Waals surface area contributed by atoms with Crippen LogP contribution in [0.2, 0.25) is 0 Å². The van der Waals surface area contributed by atoms with Gasteiger partial charge in [-0.3, -0.25) is 0 Å². The summed E-state index contributed by atoms with van der Waals surface area (Å²) in [6.45, 7) is 2.06. The minimum atomic E-state index is 0.112. The maximum atomic E-state index is 8.69. The van der Waals surface area contributed by atoms with E-state index in [1.807, 2.05) is 6.92 Å². The van der Waals surface area contributed by atoms with E-state index >= 15 is 0 Å². The van der Waals surface area contributed by atoms with Crippen LogP contribution in [0.4, 0.5) is 0 Å². The largest absolute Gasteiger partial charge is 0.396 e. The van der Waals surface area contributed by atoms with Gasteiger partial charge < -0.3 is 10.8 Å². The molecule has 0 saturated carbocycles. The van der Waals surface area contributed by atoms with Crippen molar-refractivity contribution >= 4 is 28.5 Å². The van der Waals surface area contributed by atoms with Gasteiger partial charge in [0.2, 0.25) is 0 Å². The smallest absolute Gasteiger partial charge is 0.150 e. The van der Waals surface area contributed by atoms with Gasteiger partial charge in [0, 0.05) is 17.9 Å². The van der Waals surface area contributed by atoms with Crippen LogP contribution >= 0.6 is 23.6 Å². The highest BCUT2D eigenvalue weighted by Crippen LogP contribution is 2.17. The summed E-state index contributed by atoms with van der Waals surface area (Å²) < 4.78 is 0. The summed E-state index contributed by atoms with van der Waals surface area (Å²) in [7, 11) is 0. The van der Waals surface area contributed by atoms with Gasteiger partial charge in [-0.15, -0.1) is 11.3 Å². The first-order chi connectivity index (χ1) is 5.65. The van der Waals surface area contributed by atoms with Crippen molar-refractivity contribution in [2.24, 2.45) is 5.73 Å². The number of hydrogen-bond acceptors (Lipinski definition) is 4. The molecule has 0 aliphatic carbocycles. The van der Waals surface area contributed by atoms with Crippen molar-refractivity contribution in [3.8, 4) is 0 Å². The summed E-state index contributed by atoms with van der Waals surface area (Å²) in [4.78, 5) is 5.59. The van der Waals surface area contributed by atoms with E-state index < -0.39 is 0 Å². The molecule has 0 fully saturated rings. The Morgan fingerprint density at radius 2 is 2.42 bits per heavy atom. The zero-order chi connectivity index (χ0) is 9.14. The number of thiocarbonyl (C=S) groups is 1. The maximum absolute atomic E-state index is 8.69. The number of aryl methyl sites for hydroxylation is 1. The van der Waals surface area contributed by atoms with Crippen LogP contribution in [0, 0.1) is 6.92 Å². The van der Waals surface area contributed by atoms with E-state index in [1.165, 1.54) is 11.3 Å². The molecule has 0 amide bonds. The van der Waals surface area contributed by atoms with E-state index in [2.05, 4.69) is 4.98 Å². The molecule has 1 heterocycles. The highest BCUT2D eigenvalue weighted by atomic mass is 32.1. The standard InChI is InChI=1S/C7H10N2OS2/c1-4-5(2-3-10)9-7(12-4)6(8)11/h10H,2-3H2,1H3,(H2,8,11). The SMILES string of the molecule is Cc1sc(C(N)=S)nc1CCO. The molecule has 0 atom stereocenters. The first-order valence-electron chi connectivity index (χ1n) is 3.52. The Labute approximate surface area is 80.2 Å². The van der Waals surface area contributed by atoms with Crippen LogP contribution in [0.3, 0.4) is 0 Å². The van der Waals surface area contributed by atoms with Crippen molar-refractivity contribution in [2.45, 2.75) is 13.3 Å². The minimum absolute atomic E-state index is 0.112. The van der Waals surface area contributed by atoms with Gasteiger partial charge in [0.05, 0.1) is 5.69 Å². The molecule has 0 unspecified atom stereocenters. The fourth-order valence-electron chi connectivity index (χ4n) is 0.871. The Morgan fingerprint density at radius 3 is 2.83 bits per heavy atom. The van der Waals surface area contributed by atoms with Crippen LogP contribution in [0.1, 0.15) is 15.6 Å². The molecule has 1 aromatic heterocycles. The van der Waals surface area contributed by atoms with Crippen LogP contribution in [-0.4, -0.2) is 21.7 Å². The molecule has 1 aromatic rings. The quantitative estimate of drug-likeness (QED) is 0.705. The summed E-state index contributed by atoms with van der Waals surface area (Å²) in [5, 5.41) is 9.38. The molecule has 0 radical (unpaired) electrons. The molecule has 0 spiro atoms. The summed E-state index contributed by atoms with van der Waals surface area (Å²) in [6, 6.07) is 0. The van der Waals surface area contributed by atoms with Gasteiger partial charge in [0.15, 0.2) is 5.01 Å². The summed E-state index contributed by atoms with van der Waals surface area (Å²) in [6.07, 6.45) is 0.574. The number of rotatable bonds is 3. The number of thiazole rings is 1. The normalized spacial score (nSPS) is 10.2. The molecule has 0 aliphatic rings. The van der Waals surface area contributed by atoms with Gasteiger partial charge in [-0.2, -0.15) is 0 Å². The third-order valence-electron chi connectivity index (χ3n) is 1.45. The second-order valence-corrected chi connectivity index (χ2v) is 4.00. The lowest BCUT2D eigenvalue weighted by molar-refractivity contribution is 0.298. The zero-order valence-corrected chi connectivity index (χ0v) is 8.34. The van der Waals surface area contributed by atoms with Crippen LogP contribution in [0.5, 0.6) is 0 Å². The van der Waals surface area contributed by atoms with E-state index in [9.17, 15) is 0 Å². The molecule has 3 N–H and O–H groups in total. The van der Waals surface area contributed by atoms with E-state index in [1.54, 1.807) is 0 Å². The number of hydrogen-bond donors (Lipinski definition) is 2.